The number of nitrogens with zero attached hydrogens (tertiary/aromatic N) is 5. The lowest BCUT2D eigenvalue weighted by atomic mass is 9.95. The second-order valence-electron chi connectivity index (χ2n) is 16.2. The molecule has 330 valence electrons. The molecule has 3 fully saturated rings. The lowest BCUT2D eigenvalue weighted by Gasteiger charge is -2.39. The Labute approximate surface area is 374 Å². The molecule has 5 amide bonds. The number of carbonyl (C=O) groups is 5. The molecule has 1 aromatic heterocycles. The molecule has 3 saturated heterocycles. The number of para-hydroxylation sites is 1. The van der Waals surface area contributed by atoms with Gasteiger partial charge in [0.2, 0.25) is 23.7 Å². The van der Waals surface area contributed by atoms with E-state index in [-0.39, 0.29) is 48.2 Å². The number of anilines is 6. The van der Waals surface area contributed by atoms with Crippen LogP contribution in [0.3, 0.4) is 0 Å². The van der Waals surface area contributed by atoms with E-state index in [1.54, 1.807) is 54.6 Å². The van der Waals surface area contributed by atoms with E-state index in [9.17, 15) is 28.4 Å². The quantitative estimate of drug-likeness (QED) is 0.0857. The number of hydrogen-bond acceptors (Lipinski definition) is 11. The number of piperazine rings is 1. The average molecular weight is 887 g/mol. The fourth-order valence-corrected chi connectivity index (χ4v) is 8.25. The number of nitrogens with one attached hydrogen (secondary N) is 5. The molecule has 4 aromatic carbocycles. The van der Waals surface area contributed by atoms with Crippen molar-refractivity contribution in [3.63, 3.8) is 0 Å². The molecular weight excluding hydrogens is 839 g/mol. The van der Waals surface area contributed by atoms with Gasteiger partial charge >= 0.3 is 0 Å². The van der Waals surface area contributed by atoms with E-state index in [0.717, 1.165) is 63.0 Å². The van der Waals surface area contributed by atoms with Gasteiger partial charge in [0.25, 0.3) is 11.8 Å². The predicted octanol–water partition coefficient (Wildman–Crippen LogP) is 6.15. The summed E-state index contributed by atoms with van der Waals surface area (Å²) in [4.78, 5) is 77.6. The molecule has 8 rings (SSSR count). The summed E-state index contributed by atoms with van der Waals surface area (Å²) in [5, 5.41) is 14.3. The molecule has 3 aliphatic rings. The van der Waals surface area contributed by atoms with Gasteiger partial charge in [0.1, 0.15) is 6.04 Å². The molecule has 15 nitrogen and oxygen atoms in total. The number of carbonyl (C=O) groups excluding carboxylic acids is 5. The van der Waals surface area contributed by atoms with Gasteiger partial charge in [-0.2, -0.15) is 4.98 Å². The van der Waals surface area contributed by atoms with Crippen molar-refractivity contribution in [2.24, 2.45) is 5.92 Å². The summed E-state index contributed by atoms with van der Waals surface area (Å²) >= 11 is 6.16. The van der Waals surface area contributed by atoms with Crippen LogP contribution in [0.4, 0.5) is 38.9 Å². The summed E-state index contributed by atoms with van der Waals surface area (Å²) < 4.78 is 14.7. The van der Waals surface area contributed by atoms with Gasteiger partial charge in [-0.05, 0) is 97.5 Å². The maximum Gasteiger partial charge on any atom is 0.255 e. The fraction of sp³-hybridized carbons (Fsp3) is 0.298. The lowest BCUT2D eigenvalue weighted by Crippen LogP contribution is -2.52. The standard InChI is InChI=1S/C47H48ClFN10O5/c48-37-6-1-2-7-39(37)53-44(62)32-10-14-34(15-11-32)51-43-38(49)28-50-47(56-43)52-35-12-8-30(9-13-35)26-42(61)59-24-22-57(23-25-59)29-31-18-20-58(21-19-31)36-5-3-4-33(27-36)45(63)54-40-16-17-41(60)55-46(40)64/h1-15,27-28,31,40H,16-26,29H2,(H,53,62)(H,54,63)(H,55,60,64)(H2,50,51,52,56). The molecule has 0 radical (unpaired) electrons. The van der Waals surface area contributed by atoms with Crippen molar-refractivity contribution in [1.29, 1.82) is 0 Å². The van der Waals surface area contributed by atoms with Gasteiger partial charge in [0, 0.05) is 80.4 Å². The second kappa shape index (κ2) is 20.1. The van der Waals surface area contributed by atoms with Gasteiger partial charge in [0.15, 0.2) is 11.6 Å². The van der Waals surface area contributed by atoms with Crippen LogP contribution in [0.5, 0.6) is 0 Å². The number of hydrogen-bond donors (Lipinski definition) is 5. The van der Waals surface area contributed by atoms with Crippen molar-refractivity contribution in [1.82, 2.24) is 30.4 Å². The lowest BCUT2D eigenvalue weighted by molar-refractivity contribution is -0.135. The van der Waals surface area contributed by atoms with Crippen LogP contribution in [-0.4, -0.2) is 101 Å². The summed E-state index contributed by atoms with van der Waals surface area (Å²) in [5.41, 5.74) is 4.40. The number of rotatable bonds is 13. The Morgan fingerprint density at radius 3 is 2.23 bits per heavy atom. The average Bonchev–Trinajstić information content (AvgIpc) is 3.30. The zero-order valence-corrected chi connectivity index (χ0v) is 35.7. The van der Waals surface area contributed by atoms with Crippen LogP contribution in [0, 0.1) is 11.7 Å². The Morgan fingerprint density at radius 1 is 0.781 bits per heavy atom. The van der Waals surface area contributed by atoms with E-state index >= 15 is 0 Å². The van der Waals surface area contributed by atoms with E-state index in [1.807, 2.05) is 47.4 Å². The molecule has 0 spiro atoms. The minimum Gasteiger partial charge on any atom is -0.371 e. The molecule has 17 heteroatoms. The first-order valence-corrected chi connectivity index (χ1v) is 21.7. The molecule has 0 saturated carbocycles. The van der Waals surface area contributed by atoms with Crippen molar-refractivity contribution in [3.8, 4) is 0 Å². The second-order valence-corrected chi connectivity index (χ2v) is 16.6. The third-order valence-electron chi connectivity index (χ3n) is 11.7. The Kier molecular flexibility index (Phi) is 13.7. The number of amides is 5. The molecule has 3 aliphatic heterocycles. The van der Waals surface area contributed by atoms with Crippen LogP contribution in [0.1, 0.15) is 52.0 Å². The molecule has 4 heterocycles. The molecule has 0 bridgehead atoms. The van der Waals surface area contributed by atoms with Gasteiger partial charge in [-0.1, -0.05) is 41.9 Å². The van der Waals surface area contributed by atoms with Gasteiger partial charge < -0.3 is 31.1 Å². The smallest absolute Gasteiger partial charge is 0.255 e. The molecule has 1 atom stereocenters. The zero-order valence-electron chi connectivity index (χ0n) is 35.0. The molecule has 64 heavy (non-hydrogen) atoms. The number of piperidine rings is 2. The summed E-state index contributed by atoms with van der Waals surface area (Å²) in [6.07, 6.45) is 3.88. The number of benzene rings is 4. The minimum absolute atomic E-state index is 0.0455. The summed E-state index contributed by atoms with van der Waals surface area (Å²) in [6.45, 7) is 5.71. The van der Waals surface area contributed by atoms with Crippen molar-refractivity contribution >= 4 is 75.7 Å². The van der Waals surface area contributed by atoms with Gasteiger partial charge in [-0.15, -0.1) is 0 Å². The number of halogens is 2. The highest BCUT2D eigenvalue weighted by atomic mass is 35.5. The third-order valence-corrected chi connectivity index (χ3v) is 12.0. The Bertz CT molecular complexity index is 2510. The molecule has 5 aromatic rings. The van der Waals surface area contributed by atoms with Crippen LogP contribution >= 0.6 is 11.6 Å². The van der Waals surface area contributed by atoms with E-state index < -0.39 is 17.8 Å². The zero-order chi connectivity index (χ0) is 44.6. The number of aromatic nitrogens is 2. The summed E-state index contributed by atoms with van der Waals surface area (Å²) in [7, 11) is 0. The highest BCUT2D eigenvalue weighted by Gasteiger charge is 2.29. The first-order valence-electron chi connectivity index (χ1n) is 21.3. The maximum atomic E-state index is 14.7. The highest BCUT2D eigenvalue weighted by Crippen LogP contribution is 2.27. The van der Waals surface area contributed by atoms with Crippen LogP contribution in [0.15, 0.2) is 103 Å². The maximum absolute atomic E-state index is 14.7. The molecule has 0 aliphatic carbocycles. The van der Waals surface area contributed by atoms with Crippen molar-refractivity contribution < 1.29 is 28.4 Å². The summed E-state index contributed by atoms with van der Waals surface area (Å²) in [5.74, 6) is -1.37. The van der Waals surface area contributed by atoms with Gasteiger partial charge in [-0.25, -0.2) is 9.37 Å². The van der Waals surface area contributed by atoms with Crippen LogP contribution in [0.25, 0.3) is 0 Å². The highest BCUT2D eigenvalue weighted by molar-refractivity contribution is 6.33. The fourth-order valence-electron chi connectivity index (χ4n) is 8.07. The van der Waals surface area contributed by atoms with Crippen molar-refractivity contribution in [2.45, 2.75) is 38.1 Å². The normalized spacial score (nSPS) is 17.1. The molecular formula is C47H48ClFN10O5. The van der Waals surface area contributed by atoms with Crippen LogP contribution in [-0.2, 0) is 20.8 Å². The topological polar surface area (TPSA) is 181 Å². The van der Waals surface area contributed by atoms with Crippen molar-refractivity contribution in [3.05, 3.63) is 131 Å². The van der Waals surface area contributed by atoms with E-state index in [2.05, 4.69) is 46.4 Å². The minimum atomic E-state index is -0.719. The first-order chi connectivity index (χ1) is 31.0. The predicted molar refractivity (Wildman–Crippen MR) is 243 cm³/mol. The van der Waals surface area contributed by atoms with Gasteiger partial charge in [0.05, 0.1) is 23.3 Å². The van der Waals surface area contributed by atoms with Crippen LogP contribution in [0.2, 0.25) is 5.02 Å². The Hall–Kier alpha value is -6.91. The van der Waals surface area contributed by atoms with Crippen molar-refractivity contribution in [2.75, 3.05) is 66.7 Å². The number of imide groups is 1. The first kappa shape index (κ1) is 43.7. The van der Waals surface area contributed by atoms with E-state index in [1.165, 1.54) is 0 Å². The van der Waals surface area contributed by atoms with Crippen LogP contribution < -0.4 is 31.5 Å². The monoisotopic (exact) mass is 886 g/mol. The summed E-state index contributed by atoms with van der Waals surface area (Å²) in [6, 6.07) is 27.6. The largest absolute Gasteiger partial charge is 0.371 e. The van der Waals surface area contributed by atoms with E-state index in [4.69, 9.17) is 11.6 Å². The van der Waals surface area contributed by atoms with E-state index in [0.29, 0.717) is 58.6 Å². The molecule has 5 N–H and O–H groups in total. The third kappa shape index (κ3) is 11.2. The van der Waals surface area contributed by atoms with Gasteiger partial charge in [-0.3, -0.25) is 34.2 Å². The Morgan fingerprint density at radius 2 is 1.50 bits per heavy atom. The Balaban J connectivity index is 0.751. The SMILES string of the molecule is O=C1CCC(NC(=O)c2cccc(N3CCC(CN4CCN(C(=O)Cc5ccc(Nc6ncc(F)c(Nc7ccc(C(=O)Nc8ccccc8Cl)cc7)n6)cc5)CC4)CC3)c2)C(=O)N1. The molecule has 1 unspecified atom stereocenters.